The van der Waals surface area contributed by atoms with Crippen molar-refractivity contribution in [3.63, 3.8) is 0 Å². The molecule has 1 aliphatic heterocycles. The summed E-state index contributed by atoms with van der Waals surface area (Å²) in [4.78, 5) is 13.9. The summed E-state index contributed by atoms with van der Waals surface area (Å²) in [5.41, 5.74) is 2.04. The van der Waals surface area contributed by atoms with Crippen molar-refractivity contribution < 1.29 is 4.79 Å². The van der Waals surface area contributed by atoms with Crippen molar-refractivity contribution in [1.82, 2.24) is 9.78 Å². The molecular weight excluding hydrogens is 282 g/mol. The number of hydrogen-bond donors (Lipinski definition) is 0. The van der Waals surface area contributed by atoms with Gasteiger partial charge in [-0.1, -0.05) is 15.9 Å². The molecule has 1 atom stereocenters. The monoisotopic (exact) mass is 293 g/mol. The molecule has 1 aromatic carbocycles. The van der Waals surface area contributed by atoms with E-state index in [4.69, 9.17) is 0 Å². The van der Waals surface area contributed by atoms with E-state index in [0.29, 0.717) is 6.42 Å². The first-order valence-corrected chi connectivity index (χ1v) is 6.43. The average Bonchev–Trinajstić information content (AvgIpc) is 2.82. The standard InChI is InChI=1S/C12H12BrN3O/c1-15-11-3-2-10(4-8(11)6-14-15)16-7-9(13)5-12(16)17/h2-4,6,9H,5,7H2,1H3. The maximum atomic E-state index is 11.8. The lowest BCUT2D eigenvalue weighted by atomic mass is 10.2. The van der Waals surface area contributed by atoms with Crippen LogP contribution in [0.3, 0.4) is 0 Å². The Hall–Kier alpha value is -1.36. The molecule has 1 saturated heterocycles. The molecule has 1 amide bonds. The van der Waals surface area contributed by atoms with Gasteiger partial charge >= 0.3 is 0 Å². The van der Waals surface area contributed by atoms with Gasteiger partial charge in [0.2, 0.25) is 5.91 Å². The molecule has 4 nitrogen and oxygen atoms in total. The molecule has 0 radical (unpaired) electrons. The van der Waals surface area contributed by atoms with Crippen molar-refractivity contribution in [3.05, 3.63) is 24.4 Å². The van der Waals surface area contributed by atoms with E-state index >= 15 is 0 Å². The van der Waals surface area contributed by atoms with E-state index in [1.54, 1.807) is 0 Å². The molecule has 2 heterocycles. The molecular formula is C12H12BrN3O. The molecule has 88 valence electrons. The van der Waals surface area contributed by atoms with Crippen molar-refractivity contribution in [1.29, 1.82) is 0 Å². The summed E-state index contributed by atoms with van der Waals surface area (Å²) in [5.74, 6) is 0.176. The molecule has 0 saturated carbocycles. The van der Waals surface area contributed by atoms with Gasteiger partial charge in [-0.25, -0.2) is 0 Å². The molecule has 1 unspecified atom stereocenters. The number of aryl methyl sites for hydroxylation is 1. The van der Waals surface area contributed by atoms with Crippen molar-refractivity contribution in [2.45, 2.75) is 11.2 Å². The summed E-state index contributed by atoms with van der Waals surface area (Å²) in [6, 6.07) is 6.00. The Bertz CT molecular complexity index is 592. The van der Waals surface area contributed by atoms with Gasteiger partial charge in [0.05, 0.1) is 11.7 Å². The van der Waals surface area contributed by atoms with Crippen LogP contribution in [-0.2, 0) is 11.8 Å². The molecule has 17 heavy (non-hydrogen) atoms. The van der Waals surface area contributed by atoms with Gasteiger partial charge < -0.3 is 4.90 Å². The second kappa shape index (κ2) is 3.84. The minimum atomic E-state index is 0.176. The predicted octanol–water partition coefficient (Wildman–Crippen LogP) is 2.07. The second-order valence-electron chi connectivity index (χ2n) is 4.32. The van der Waals surface area contributed by atoms with Gasteiger partial charge in [0.15, 0.2) is 0 Å². The van der Waals surface area contributed by atoms with Crippen LogP contribution in [0.5, 0.6) is 0 Å². The molecule has 2 aromatic rings. The van der Waals surface area contributed by atoms with E-state index in [-0.39, 0.29) is 10.7 Å². The van der Waals surface area contributed by atoms with E-state index in [9.17, 15) is 4.79 Å². The van der Waals surface area contributed by atoms with Crippen LogP contribution in [0.1, 0.15) is 6.42 Å². The maximum Gasteiger partial charge on any atom is 0.228 e. The normalized spacial score (nSPS) is 20.5. The summed E-state index contributed by atoms with van der Waals surface area (Å²) < 4.78 is 1.83. The number of fused-ring (bicyclic) bond motifs is 1. The van der Waals surface area contributed by atoms with E-state index < -0.39 is 0 Å². The fourth-order valence-electron chi connectivity index (χ4n) is 2.23. The number of nitrogens with zero attached hydrogens (tertiary/aromatic N) is 3. The first-order chi connectivity index (χ1) is 8.15. The third-order valence-electron chi connectivity index (χ3n) is 3.12. The summed E-state index contributed by atoms with van der Waals surface area (Å²) in [7, 11) is 1.91. The molecule has 5 heteroatoms. The highest BCUT2D eigenvalue weighted by Gasteiger charge is 2.28. The fraction of sp³-hybridized carbons (Fsp3) is 0.333. The number of hydrogen-bond acceptors (Lipinski definition) is 2. The van der Waals surface area contributed by atoms with Gasteiger partial charge in [-0.2, -0.15) is 5.10 Å². The quantitative estimate of drug-likeness (QED) is 0.755. The van der Waals surface area contributed by atoms with Gasteiger partial charge in [-0.15, -0.1) is 0 Å². The predicted molar refractivity (Wildman–Crippen MR) is 70.4 cm³/mol. The first kappa shape index (κ1) is 10.8. The van der Waals surface area contributed by atoms with Crippen LogP contribution in [0, 0.1) is 0 Å². The number of amides is 1. The number of halogens is 1. The van der Waals surface area contributed by atoms with Gasteiger partial charge in [-0.05, 0) is 18.2 Å². The minimum Gasteiger partial charge on any atom is -0.311 e. The molecule has 1 aromatic heterocycles. The molecule has 0 N–H and O–H groups in total. The van der Waals surface area contributed by atoms with Gasteiger partial charge in [0, 0.05) is 35.9 Å². The lowest BCUT2D eigenvalue weighted by Gasteiger charge is -2.15. The van der Waals surface area contributed by atoms with Crippen LogP contribution in [0.4, 0.5) is 5.69 Å². The van der Waals surface area contributed by atoms with Crippen molar-refractivity contribution in [2.24, 2.45) is 7.05 Å². The Morgan fingerprint density at radius 1 is 1.47 bits per heavy atom. The highest BCUT2D eigenvalue weighted by Crippen LogP contribution is 2.27. The highest BCUT2D eigenvalue weighted by atomic mass is 79.9. The van der Waals surface area contributed by atoms with Gasteiger partial charge in [-0.3, -0.25) is 9.48 Å². The van der Waals surface area contributed by atoms with Crippen LogP contribution in [-0.4, -0.2) is 27.1 Å². The molecule has 0 aliphatic carbocycles. The fourth-order valence-corrected chi connectivity index (χ4v) is 2.80. The van der Waals surface area contributed by atoms with Crippen LogP contribution in [0.25, 0.3) is 10.9 Å². The smallest absolute Gasteiger partial charge is 0.228 e. The van der Waals surface area contributed by atoms with Crippen LogP contribution in [0.2, 0.25) is 0 Å². The Morgan fingerprint density at radius 3 is 3.00 bits per heavy atom. The zero-order chi connectivity index (χ0) is 12.0. The minimum absolute atomic E-state index is 0.176. The average molecular weight is 294 g/mol. The maximum absolute atomic E-state index is 11.8. The van der Waals surface area contributed by atoms with E-state index in [2.05, 4.69) is 21.0 Å². The zero-order valence-electron chi connectivity index (χ0n) is 9.43. The topological polar surface area (TPSA) is 38.1 Å². The van der Waals surface area contributed by atoms with Gasteiger partial charge in [0.1, 0.15) is 0 Å². The lowest BCUT2D eigenvalue weighted by Crippen LogP contribution is -2.24. The number of anilines is 1. The number of rotatable bonds is 1. The Labute approximate surface area is 107 Å². The summed E-state index contributed by atoms with van der Waals surface area (Å²) in [5, 5.41) is 5.27. The number of benzene rings is 1. The molecule has 0 spiro atoms. The van der Waals surface area contributed by atoms with E-state index in [1.807, 2.05) is 41.0 Å². The van der Waals surface area contributed by atoms with Crippen molar-refractivity contribution in [2.75, 3.05) is 11.4 Å². The number of carbonyl (C=O) groups excluding carboxylic acids is 1. The Kier molecular flexibility index (Phi) is 2.43. The van der Waals surface area contributed by atoms with Gasteiger partial charge in [0.25, 0.3) is 0 Å². The highest BCUT2D eigenvalue weighted by molar-refractivity contribution is 9.09. The largest absolute Gasteiger partial charge is 0.311 e. The van der Waals surface area contributed by atoms with E-state index in [1.165, 1.54) is 0 Å². The summed E-state index contributed by atoms with van der Waals surface area (Å²) in [6.07, 6.45) is 2.40. The Morgan fingerprint density at radius 2 is 2.29 bits per heavy atom. The third kappa shape index (κ3) is 1.74. The van der Waals surface area contributed by atoms with Crippen LogP contribution in [0.15, 0.2) is 24.4 Å². The van der Waals surface area contributed by atoms with Crippen molar-refractivity contribution in [3.8, 4) is 0 Å². The summed E-state index contributed by atoms with van der Waals surface area (Å²) in [6.45, 7) is 0.741. The van der Waals surface area contributed by atoms with E-state index in [0.717, 1.165) is 23.1 Å². The SMILES string of the molecule is Cn1ncc2cc(N3CC(Br)CC3=O)ccc21. The zero-order valence-corrected chi connectivity index (χ0v) is 11.0. The molecule has 1 aliphatic rings. The Balaban J connectivity index is 2.03. The van der Waals surface area contributed by atoms with Crippen LogP contribution >= 0.6 is 15.9 Å². The number of carbonyl (C=O) groups is 1. The molecule has 3 rings (SSSR count). The third-order valence-corrected chi connectivity index (χ3v) is 3.73. The first-order valence-electron chi connectivity index (χ1n) is 5.51. The number of alkyl halides is 1. The molecule has 0 bridgehead atoms. The molecule has 1 fully saturated rings. The van der Waals surface area contributed by atoms with Crippen LogP contribution < -0.4 is 4.90 Å². The summed E-state index contributed by atoms with van der Waals surface area (Å²) >= 11 is 3.49. The number of aromatic nitrogens is 2. The van der Waals surface area contributed by atoms with Crippen molar-refractivity contribution >= 4 is 38.4 Å². The lowest BCUT2D eigenvalue weighted by molar-refractivity contribution is -0.117. The second-order valence-corrected chi connectivity index (χ2v) is 5.61.